The maximum Gasteiger partial charge on any atom is 0.0409 e. The Balaban J connectivity index is 1.93. The molecule has 0 bridgehead atoms. The van der Waals surface area contributed by atoms with Gasteiger partial charge in [-0.05, 0) is 57.5 Å². The summed E-state index contributed by atoms with van der Waals surface area (Å²) in [5.74, 6) is 0. The maximum absolute atomic E-state index is 6.06. The normalized spacial score (nSPS) is 22.3. The van der Waals surface area contributed by atoms with Crippen LogP contribution in [0.1, 0.15) is 37.8 Å². The smallest absolute Gasteiger partial charge is 0.0409 e. The van der Waals surface area contributed by atoms with Crippen LogP contribution in [0.4, 0.5) is 0 Å². The van der Waals surface area contributed by atoms with Crippen LogP contribution in [-0.2, 0) is 0 Å². The van der Waals surface area contributed by atoms with E-state index in [1.807, 2.05) is 19.2 Å². The van der Waals surface area contributed by atoms with Crippen molar-refractivity contribution in [3.8, 4) is 0 Å². The number of nitrogens with one attached hydrogen (secondary N) is 1. The molecule has 0 spiro atoms. The third kappa shape index (κ3) is 3.47. The van der Waals surface area contributed by atoms with Gasteiger partial charge in [0.25, 0.3) is 0 Å². The van der Waals surface area contributed by atoms with Crippen molar-refractivity contribution in [2.24, 2.45) is 0 Å². The molecule has 1 aromatic rings. The van der Waals surface area contributed by atoms with Gasteiger partial charge in [-0.25, -0.2) is 0 Å². The van der Waals surface area contributed by atoms with Crippen LogP contribution in [0.5, 0.6) is 0 Å². The minimum absolute atomic E-state index is 0.400. The fourth-order valence-corrected chi connectivity index (χ4v) is 3.02. The largest absolute Gasteiger partial charge is 0.313 e. The van der Waals surface area contributed by atoms with Gasteiger partial charge < -0.3 is 10.2 Å². The van der Waals surface area contributed by atoms with Crippen molar-refractivity contribution in [1.29, 1.82) is 0 Å². The van der Waals surface area contributed by atoms with Gasteiger partial charge in [0.05, 0.1) is 0 Å². The molecule has 2 rings (SSSR count). The molecule has 2 nitrogen and oxygen atoms in total. The Labute approximate surface area is 115 Å². The topological polar surface area (TPSA) is 15.3 Å². The minimum Gasteiger partial charge on any atom is -0.313 e. The highest BCUT2D eigenvalue weighted by molar-refractivity contribution is 6.30. The molecule has 1 aliphatic heterocycles. The summed E-state index contributed by atoms with van der Waals surface area (Å²) in [7, 11) is 2.03. The molecule has 1 aromatic carbocycles. The first kappa shape index (κ1) is 13.9. The van der Waals surface area contributed by atoms with Crippen molar-refractivity contribution in [2.45, 2.75) is 38.3 Å². The van der Waals surface area contributed by atoms with Gasteiger partial charge in [-0.15, -0.1) is 0 Å². The van der Waals surface area contributed by atoms with Gasteiger partial charge in [0.15, 0.2) is 0 Å². The minimum atomic E-state index is 0.400. The first-order valence-electron chi connectivity index (χ1n) is 6.87. The number of benzene rings is 1. The van der Waals surface area contributed by atoms with Crippen LogP contribution in [0.2, 0.25) is 5.02 Å². The summed E-state index contributed by atoms with van der Waals surface area (Å²) in [6, 6.07) is 9.33. The molecule has 1 saturated heterocycles. The van der Waals surface area contributed by atoms with E-state index in [1.54, 1.807) is 0 Å². The predicted octanol–water partition coefficient (Wildman–Crippen LogP) is 3.47. The Hall–Kier alpha value is -0.570. The third-order valence-electron chi connectivity index (χ3n) is 4.00. The SMILES string of the molecule is CNC(CCN1CCCC1C)c1cccc(Cl)c1. The third-order valence-corrected chi connectivity index (χ3v) is 4.23. The second-order valence-electron chi connectivity index (χ2n) is 5.21. The van der Waals surface area contributed by atoms with E-state index < -0.39 is 0 Å². The summed E-state index contributed by atoms with van der Waals surface area (Å²) in [4.78, 5) is 2.59. The number of halogens is 1. The van der Waals surface area contributed by atoms with Crippen LogP contribution in [0.25, 0.3) is 0 Å². The van der Waals surface area contributed by atoms with Crippen LogP contribution in [0.3, 0.4) is 0 Å². The molecule has 2 atom stereocenters. The van der Waals surface area contributed by atoms with E-state index in [1.165, 1.54) is 31.5 Å². The van der Waals surface area contributed by atoms with Crippen LogP contribution in [-0.4, -0.2) is 31.1 Å². The van der Waals surface area contributed by atoms with Gasteiger partial charge in [0, 0.05) is 23.7 Å². The Morgan fingerprint density at radius 3 is 2.94 bits per heavy atom. The molecule has 0 saturated carbocycles. The first-order valence-corrected chi connectivity index (χ1v) is 7.25. The average molecular weight is 267 g/mol. The summed E-state index contributed by atoms with van der Waals surface area (Å²) in [6.45, 7) is 4.76. The monoisotopic (exact) mass is 266 g/mol. The second kappa shape index (κ2) is 6.55. The molecule has 2 unspecified atom stereocenters. The highest BCUT2D eigenvalue weighted by Gasteiger charge is 2.21. The van der Waals surface area contributed by atoms with Crippen molar-refractivity contribution in [3.05, 3.63) is 34.9 Å². The van der Waals surface area contributed by atoms with Crippen molar-refractivity contribution in [1.82, 2.24) is 10.2 Å². The fraction of sp³-hybridized carbons (Fsp3) is 0.600. The molecule has 18 heavy (non-hydrogen) atoms. The Morgan fingerprint density at radius 2 is 2.33 bits per heavy atom. The number of rotatable bonds is 5. The number of nitrogens with zero attached hydrogens (tertiary/aromatic N) is 1. The van der Waals surface area contributed by atoms with Gasteiger partial charge in [0.2, 0.25) is 0 Å². The van der Waals surface area contributed by atoms with E-state index in [0.717, 1.165) is 17.5 Å². The highest BCUT2D eigenvalue weighted by atomic mass is 35.5. The maximum atomic E-state index is 6.06. The van der Waals surface area contributed by atoms with Crippen LogP contribution in [0, 0.1) is 0 Å². The first-order chi connectivity index (χ1) is 8.70. The van der Waals surface area contributed by atoms with Gasteiger partial charge in [-0.3, -0.25) is 0 Å². The molecule has 0 amide bonds. The Morgan fingerprint density at radius 1 is 1.50 bits per heavy atom. The zero-order valence-electron chi connectivity index (χ0n) is 11.3. The van der Waals surface area contributed by atoms with Crippen molar-refractivity contribution in [3.63, 3.8) is 0 Å². The molecule has 0 aromatic heterocycles. The van der Waals surface area contributed by atoms with E-state index in [0.29, 0.717) is 6.04 Å². The average Bonchev–Trinajstić information content (AvgIpc) is 2.76. The van der Waals surface area contributed by atoms with Gasteiger partial charge >= 0.3 is 0 Å². The number of likely N-dealkylation sites (tertiary alicyclic amines) is 1. The van der Waals surface area contributed by atoms with Gasteiger partial charge in [0.1, 0.15) is 0 Å². The summed E-state index contributed by atoms with van der Waals surface area (Å²) in [5, 5.41) is 4.22. The fourth-order valence-electron chi connectivity index (χ4n) is 2.82. The zero-order chi connectivity index (χ0) is 13.0. The second-order valence-corrected chi connectivity index (χ2v) is 5.65. The summed E-state index contributed by atoms with van der Waals surface area (Å²) in [5.41, 5.74) is 1.29. The molecule has 1 heterocycles. The lowest BCUT2D eigenvalue weighted by atomic mass is 10.0. The quantitative estimate of drug-likeness (QED) is 0.878. The van der Waals surface area contributed by atoms with Crippen molar-refractivity contribution >= 4 is 11.6 Å². The summed E-state index contributed by atoms with van der Waals surface area (Å²) >= 11 is 6.06. The number of hydrogen-bond donors (Lipinski definition) is 1. The highest BCUT2D eigenvalue weighted by Crippen LogP contribution is 2.23. The van der Waals surface area contributed by atoms with E-state index in [2.05, 4.69) is 29.3 Å². The number of hydrogen-bond acceptors (Lipinski definition) is 2. The van der Waals surface area contributed by atoms with E-state index >= 15 is 0 Å². The van der Waals surface area contributed by atoms with Crippen LogP contribution < -0.4 is 5.32 Å². The Kier molecular flexibility index (Phi) is 5.04. The van der Waals surface area contributed by atoms with Crippen molar-refractivity contribution in [2.75, 3.05) is 20.1 Å². The molecule has 1 aliphatic rings. The molecular formula is C15H23ClN2. The Bertz CT molecular complexity index is 381. The zero-order valence-corrected chi connectivity index (χ0v) is 12.1. The van der Waals surface area contributed by atoms with Crippen molar-refractivity contribution < 1.29 is 0 Å². The van der Waals surface area contributed by atoms with Gasteiger partial charge in [-0.1, -0.05) is 23.7 Å². The molecule has 1 fully saturated rings. The summed E-state index contributed by atoms with van der Waals surface area (Å²) in [6.07, 6.45) is 3.84. The van der Waals surface area contributed by atoms with Gasteiger partial charge in [-0.2, -0.15) is 0 Å². The molecule has 0 aliphatic carbocycles. The van der Waals surface area contributed by atoms with E-state index in [9.17, 15) is 0 Å². The predicted molar refractivity (Wildman–Crippen MR) is 78.1 cm³/mol. The lowest BCUT2D eigenvalue weighted by Gasteiger charge is -2.24. The van der Waals surface area contributed by atoms with E-state index in [-0.39, 0.29) is 0 Å². The molecular weight excluding hydrogens is 244 g/mol. The molecule has 0 radical (unpaired) electrons. The van der Waals surface area contributed by atoms with E-state index in [4.69, 9.17) is 11.6 Å². The van der Waals surface area contributed by atoms with Crippen LogP contribution >= 0.6 is 11.6 Å². The standard InChI is InChI=1S/C15H23ClN2/c1-12-5-4-9-18(12)10-8-15(17-2)13-6-3-7-14(16)11-13/h3,6-7,11-12,15,17H,4-5,8-10H2,1-2H3. The molecule has 3 heteroatoms. The lowest BCUT2D eigenvalue weighted by molar-refractivity contribution is 0.253. The molecule has 1 N–H and O–H groups in total. The lowest BCUT2D eigenvalue weighted by Crippen LogP contribution is -2.30. The summed E-state index contributed by atoms with van der Waals surface area (Å²) < 4.78 is 0. The van der Waals surface area contributed by atoms with Crippen LogP contribution in [0.15, 0.2) is 24.3 Å². The molecule has 100 valence electrons.